The Labute approximate surface area is 109 Å². The molecule has 0 unspecified atom stereocenters. The van der Waals surface area contributed by atoms with E-state index < -0.39 is 0 Å². The van der Waals surface area contributed by atoms with E-state index in [2.05, 4.69) is 11.1 Å². The minimum absolute atomic E-state index is 0.279. The van der Waals surface area contributed by atoms with Crippen molar-refractivity contribution in [2.24, 2.45) is 0 Å². The van der Waals surface area contributed by atoms with Gasteiger partial charge in [0.2, 0.25) is 0 Å². The van der Waals surface area contributed by atoms with E-state index in [4.69, 9.17) is 0 Å². The summed E-state index contributed by atoms with van der Waals surface area (Å²) in [6, 6.07) is 15.2. The van der Waals surface area contributed by atoms with Gasteiger partial charge in [-0.15, -0.1) is 11.3 Å². The van der Waals surface area contributed by atoms with Crippen molar-refractivity contribution in [2.45, 2.75) is 0 Å². The Balaban J connectivity index is 1.92. The standard InChI is InChI=1S/C15H11NOS/c17-12-5-3-4-11(10-12)8-9-15-16-13-6-1-2-7-14(13)18-15/h1-10,17H. The zero-order valence-electron chi connectivity index (χ0n) is 9.58. The Kier molecular flexibility index (Phi) is 2.82. The molecule has 3 aromatic rings. The lowest BCUT2D eigenvalue weighted by atomic mass is 10.2. The predicted molar refractivity (Wildman–Crippen MR) is 76.7 cm³/mol. The van der Waals surface area contributed by atoms with E-state index >= 15 is 0 Å². The van der Waals surface area contributed by atoms with Crippen LogP contribution in [0.1, 0.15) is 10.6 Å². The maximum absolute atomic E-state index is 9.38. The fourth-order valence-electron chi connectivity index (χ4n) is 1.76. The van der Waals surface area contributed by atoms with Gasteiger partial charge in [0.25, 0.3) is 0 Å². The van der Waals surface area contributed by atoms with Gasteiger partial charge < -0.3 is 5.11 Å². The second kappa shape index (κ2) is 4.63. The molecule has 0 fully saturated rings. The topological polar surface area (TPSA) is 33.1 Å². The van der Waals surface area contributed by atoms with Gasteiger partial charge in [-0.05, 0) is 35.9 Å². The molecule has 1 heterocycles. The molecule has 0 amide bonds. The number of phenolic OH excluding ortho intramolecular Hbond substituents is 1. The van der Waals surface area contributed by atoms with Crippen LogP contribution in [0.4, 0.5) is 0 Å². The number of hydrogen-bond acceptors (Lipinski definition) is 3. The molecule has 0 spiro atoms. The maximum atomic E-state index is 9.38. The molecule has 2 nitrogen and oxygen atoms in total. The average molecular weight is 253 g/mol. The van der Waals surface area contributed by atoms with E-state index in [1.165, 1.54) is 4.70 Å². The first-order valence-electron chi connectivity index (χ1n) is 5.64. The Morgan fingerprint density at radius 1 is 1.00 bits per heavy atom. The van der Waals surface area contributed by atoms with Gasteiger partial charge >= 0.3 is 0 Å². The van der Waals surface area contributed by atoms with Crippen molar-refractivity contribution >= 4 is 33.7 Å². The summed E-state index contributed by atoms with van der Waals surface area (Å²) < 4.78 is 1.19. The first-order chi connectivity index (χ1) is 8.81. The second-order valence-corrected chi connectivity index (χ2v) is 5.01. The van der Waals surface area contributed by atoms with Crippen LogP contribution in [-0.2, 0) is 0 Å². The quantitative estimate of drug-likeness (QED) is 0.743. The van der Waals surface area contributed by atoms with Gasteiger partial charge in [-0.2, -0.15) is 0 Å². The molecule has 88 valence electrons. The molecule has 1 aromatic heterocycles. The number of aromatic hydroxyl groups is 1. The summed E-state index contributed by atoms with van der Waals surface area (Å²) in [5.74, 6) is 0.279. The molecule has 0 saturated carbocycles. The van der Waals surface area contributed by atoms with Gasteiger partial charge in [-0.25, -0.2) is 4.98 Å². The van der Waals surface area contributed by atoms with E-state index in [-0.39, 0.29) is 5.75 Å². The molecule has 0 radical (unpaired) electrons. The zero-order chi connectivity index (χ0) is 12.4. The van der Waals surface area contributed by atoms with Gasteiger partial charge in [-0.3, -0.25) is 0 Å². The maximum Gasteiger partial charge on any atom is 0.117 e. The SMILES string of the molecule is Oc1cccc(C=Cc2nc3ccccc3s2)c1. The number of thiazole rings is 1. The van der Waals surface area contributed by atoms with Crippen LogP contribution in [0.25, 0.3) is 22.4 Å². The smallest absolute Gasteiger partial charge is 0.117 e. The molecule has 0 aliphatic heterocycles. The largest absolute Gasteiger partial charge is 0.508 e. The Morgan fingerprint density at radius 3 is 2.72 bits per heavy atom. The molecule has 0 saturated heterocycles. The minimum Gasteiger partial charge on any atom is -0.508 e. The van der Waals surface area contributed by atoms with Crippen LogP contribution in [0.3, 0.4) is 0 Å². The lowest BCUT2D eigenvalue weighted by Crippen LogP contribution is -1.71. The van der Waals surface area contributed by atoms with Gasteiger partial charge in [0.05, 0.1) is 10.2 Å². The van der Waals surface area contributed by atoms with E-state index in [1.54, 1.807) is 23.5 Å². The molecule has 2 aromatic carbocycles. The van der Waals surface area contributed by atoms with Crippen LogP contribution < -0.4 is 0 Å². The number of phenols is 1. The van der Waals surface area contributed by atoms with Crippen LogP contribution in [0.15, 0.2) is 48.5 Å². The van der Waals surface area contributed by atoms with Crippen LogP contribution in [-0.4, -0.2) is 10.1 Å². The van der Waals surface area contributed by atoms with E-state index in [0.717, 1.165) is 16.1 Å². The molecule has 3 heteroatoms. The van der Waals surface area contributed by atoms with E-state index in [9.17, 15) is 5.11 Å². The Hall–Kier alpha value is -2.13. The van der Waals surface area contributed by atoms with Gasteiger partial charge in [0.15, 0.2) is 0 Å². The molecule has 3 rings (SSSR count). The molecule has 0 atom stereocenters. The lowest BCUT2D eigenvalue weighted by Gasteiger charge is -1.93. The van der Waals surface area contributed by atoms with E-state index in [0.29, 0.717) is 0 Å². The van der Waals surface area contributed by atoms with Crippen LogP contribution >= 0.6 is 11.3 Å². The van der Waals surface area contributed by atoms with Crippen molar-refractivity contribution in [3.63, 3.8) is 0 Å². The third-order valence-electron chi connectivity index (χ3n) is 2.60. The van der Waals surface area contributed by atoms with E-state index in [1.807, 2.05) is 42.5 Å². The average Bonchev–Trinajstić information content (AvgIpc) is 2.79. The summed E-state index contributed by atoms with van der Waals surface area (Å²) in [7, 11) is 0. The Morgan fingerprint density at radius 2 is 1.89 bits per heavy atom. The summed E-state index contributed by atoms with van der Waals surface area (Å²) in [4.78, 5) is 4.52. The fourth-order valence-corrected chi connectivity index (χ4v) is 2.63. The molecular weight excluding hydrogens is 242 g/mol. The highest BCUT2D eigenvalue weighted by Crippen LogP contribution is 2.23. The van der Waals surface area contributed by atoms with Gasteiger partial charge in [0, 0.05) is 0 Å². The summed E-state index contributed by atoms with van der Waals surface area (Å²) in [6.45, 7) is 0. The number of nitrogens with zero attached hydrogens (tertiary/aromatic N) is 1. The summed E-state index contributed by atoms with van der Waals surface area (Å²) >= 11 is 1.66. The predicted octanol–water partition coefficient (Wildman–Crippen LogP) is 4.17. The van der Waals surface area contributed by atoms with Gasteiger partial charge in [0.1, 0.15) is 10.8 Å². The van der Waals surface area contributed by atoms with Crippen molar-refractivity contribution in [1.82, 2.24) is 4.98 Å². The highest BCUT2D eigenvalue weighted by molar-refractivity contribution is 7.19. The van der Waals surface area contributed by atoms with Gasteiger partial charge in [-0.1, -0.05) is 30.3 Å². The number of para-hydroxylation sites is 1. The fraction of sp³-hybridized carbons (Fsp3) is 0. The monoisotopic (exact) mass is 253 g/mol. The van der Waals surface area contributed by atoms with Crippen molar-refractivity contribution in [3.8, 4) is 5.75 Å². The highest BCUT2D eigenvalue weighted by atomic mass is 32.1. The number of benzene rings is 2. The first kappa shape index (κ1) is 11.0. The van der Waals surface area contributed by atoms with Crippen molar-refractivity contribution < 1.29 is 5.11 Å². The molecule has 0 bridgehead atoms. The lowest BCUT2D eigenvalue weighted by molar-refractivity contribution is 0.475. The second-order valence-electron chi connectivity index (χ2n) is 3.95. The van der Waals surface area contributed by atoms with Crippen molar-refractivity contribution in [2.75, 3.05) is 0 Å². The van der Waals surface area contributed by atoms with Crippen LogP contribution in [0.5, 0.6) is 5.75 Å². The van der Waals surface area contributed by atoms with Crippen molar-refractivity contribution in [1.29, 1.82) is 0 Å². The minimum atomic E-state index is 0.279. The third kappa shape index (κ3) is 2.26. The first-order valence-corrected chi connectivity index (χ1v) is 6.45. The molecule has 18 heavy (non-hydrogen) atoms. The molecule has 0 aliphatic carbocycles. The number of fused-ring (bicyclic) bond motifs is 1. The summed E-state index contributed by atoms with van der Waals surface area (Å²) in [6.07, 6.45) is 3.93. The molecule has 0 aliphatic rings. The van der Waals surface area contributed by atoms with Crippen LogP contribution in [0.2, 0.25) is 0 Å². The van der Waals surface area contributed by atoms with Crippen LogP contribution in [0, 0.1) is 0 Å². The van der Waals surface area contributed by atoms with Crippen molar-refractivity contribution in [3.05, 3.63) is 59.1 Å². The third-order valence-corrected chi connectivity index (χ3v) is 3.60. The normalized spacial score (nSPS) is 11.3. The summed E-state index contributed by atoms with van der Waals surface area (Å²) in [5.41, 5.74) is 1.99. The molecule has 1 N–H and O–H groups in total. The summed E-state index contributed by atoms with van der Waals surface area (Å²) in [5, 5.41) is 10.3. The number of rotatable bonds is 2. The number of aromatic nitrogens is 1. The highest BCUT2D eigenvalue weighted by Gasteiger charge is 1.99. The molecular formula is C15H11NOS. The zero-order valence-corrected chi connectivity index (χ0v) is 10.4. The Bertz CT molecular complexity index is 682. The number of hydrogen-bond donors (Lipinski definition) is 1.